The minimum atomic E-state index is -0.484. The number of nitro benzene ring substituents is 1. The summed E-state index contributed by atoms with van der Waals surface area (Å²) in [6, 6.07) is 11.1. The van der Waals surface area contributed by atoms with Gasteiger partial charge in [0.05, 0.1) is 4.92 Å². The number of anilines is 1. The predicted octanol–water partition coefficient (Wildman–Crippen LogP) is 3.93. The average molecular weight is 359 g/mol. The van der Waals surface area contributed by atoms with Gasteiger partial charge < -0.3 is 10.2 Å². The predicted molar refractivity (Wildman–Crippen MR) is 97.2 cm³/mol. The Labute approximate surface area is 149 Å². The van der Waals surface area contributed by atoms with Gasteiger partial charge in [0.1, 0.15) is 0 Å². The van der Waals surface area contributed by atoms with Crippen LogP contribution in [0.25, 0.3) is 0 Å². The molecule has 0 unspecified atom stereocenters. The third-order valence-corrected chi connectivity index (χ3v) is 4.39. The monoisotopic (exact) mass is 359 g/mol. The highest BCUT2D eigenvalue weighted by Gasteiger charge is 2.14. The number of amides is 2. The molecule has 0 aliphatic rings. The summed E-state index contributed by atoms with van der Waals surface area (Å²) in [5.74, 6) is -0.359. The Bertz CT molecular complexity index is 819. The molecule has 0 saturated carbocycles. The van der Waals surface area contributed by atoms with E-state index >= 15 is 0 Å². The molecule has 0 aliphatic heterocycles. The number of aryl methyl sites for hydroxylation is 1. The van der Waals surface area contributed by atoms with Crippen LogP contribution >= 0.6 is 11.8 Å². The van der Waals surface area contributed by atoms with E-state index in [0.29, 0.717) is 16.8 Å². The summed E-state index contributed by atoms with van der Waals surface area (Å²) >= 11 is 1.09. The summed E-state index contributed by atoms with van der Waals surface area (Å²) in [5, 5.41) is 13.5. The molecule has 0 fully saturated rings. The fraction of sp³-hybridized carbons (Fsp3) is 0.176. The molecule has 0 saturated heterocycles. The van der Waals surface area contributed by atoms with Gasteiger partial charge in [-0.2, -0.15) is 0 Å². The van der Waals surface area contributed by atoms with Gasteiger partial charge in [0, 0.05) is 41.9 Å². The number of nitro groups is 1. The van der Waals surface area contributed by atoms with E-state index < -0.39 is 4.92 Å². The second-order valence-corrected chi connectivity index (χ2v) is 6.52. The Hall–Kier alpha value is -2.87. The van der Waals surface area contributed by atoms with Crippen molar-refractivity contribution in [3.05, 3.63) is 63.7 Å². The van der Waals surface area contributed by atoms with E-state index in [-0.39, 0.29) is 16.8 Å². The molecule has 2 aromatic rings. The maximum absolute atomic E-state index is 12.3. The van der Waals surface area contributed by atoms with Crippen molar-refractivity contribution >= 4 is 34.3 Å². The molecule has 0 radical (unpaired) electrons. The SMILES string of the molecule is Cc1cc(C(=O)Nc2ccc(SC(=O)N(C)C)cc2)ccc1[N+](=O)[O-]. The molecule has 0 aliphatic carbocycles. The van der Waals surface area contributed by atoms with Crippen molar-refractivity contribution in [3.63, 3.8) is 0 Å². The van der Waals surface area contributed by atoms with Crippen LogP contribution in [0.4, 0.5) is 16.2 Å². The van der Waals surface area contributed by atoms with E-state index in [1.54, 1.807) is 45.3 Å². The van der Waals surface area contributed by atoms with E-state index in [4.69, 9.17) is 0 Å². The van der Waals surface area contributed by atoms with Crippen LogP contribution in [-0.4, -0.2) is 35.1 Å². The van der Waals surface area contributed by atoms with Crippen molar-refractivity contribution in [1.82, 2.24) is 4.90 Å². The van der Waals surface area contributed by atoms with Crippen LogP contribution in [0.2, 0.25) is 0 Å². The summed E-state index contributed by atoms with van der Waals surface area (Å²) < 4.78 is 0. The highest BCUT2D eigenvalue weighted by atomic mass is 32.2. The van der Waals surface area contributed by atoms with Gasteiger partial charge in [0.2, 0.25) is 0 Å². The Morgan fingerprint density at radius 1 is 1.12 bits per heavy atom. The van der Waals surface area contributed by atoms with Gasteiger partial charge in [-0.25, -0.2) is 0 Å². The first kappa shape index (κ1) is 18.5. The Balaban J connectivity index is 2.07. The topological polar surface area (TPSA) is 92.6 Å². The molecule has 0 aromatic heterocycles. The van der Waals surface area contributed by atoms with E-state index in [1.165, 1.54) is 23.1 Å². The number of carbonyl (C=O) groups excluding carboxylic acids is 2. The zero-order chi connectivity index (χ0) is 18.6. The number of nitrogens with one attached hydrogen (secondary N) is 1. The zero-order valence-electron chi connectivity index (χ0n) is 14.0. The number of rotatable bonds is 4. The van der Waals surface area contributed by atoms with Gasteiger partial charge >= 0.3 is 0 Å². The maximum atomic E-state index is 12.3. The normalized spacial score (nSPS) is 10.2. The van der Waals surface area contributed by atoms with Crippen molar-refractivity contribution in [2.45, 2.75) is 11.8 Å². The highest BCUT2D eigenvalue weighted by molar-refractivity contribution is 8.13. The highest BCUT2D eigenvalue weighted by Crippen LogP contribution is 2.23. The molecule has 0 spiro atoms. The van der Waals surface area contributed by atoms with Crippen LogP contribution in [0.5, 0.6) is 0 Å². The summed E-state index contributed by atoms with van der Waals surface area (Å²) in [6.45, 7) is 1.59. The lowest BCUT2D eigenvalue weighted by Crippen LogP contribution is -2.16. The van der Waals surface area contributed by atoms with Crippen molar-refractivity contribution in [2.24, 2.45) is 0 Å². The van der Waals surface area contributed by atoms with Crippen LogP contribution in [0.15, 0.2) is 47.4 Å². The van der Waals surface area contributed by atoms with Crippen molar-refractivity contribution in [1.29, 1.82) is 0 Å². The number of hydrogen-bond donors (Lipinski definition) is 1. The first-order valence-corrected chi connectivity index (χ1v) is 8.15. The van der Waals surface area contributed by atoms with Crippen LogP contribution in [-0.2, 0) is 0 Å². The first-order chi connectivity index (χ1) is 11.8. The maximum Gasteiger partial charge on any atom is 0.285 e. The van der Waals surface area contributed by atoms with Gasteiger partial charge in [-0.05, 0) is 55.1 Å². The van der Waals surface area contributed by atoms with Gasteiger partial charge in [-0.15, -0.1) is 0 Å². The van der Waals surface area contributed by atoms with E-state index in [2.05, 4.69) is 5.32 Å². The number of carbonyl (C=O) groups is 2. The molecule has 8 heteroatoms. The molecular weight excluding hydrogens is 342 g/mol. The minimum absolute atomic E-state index is 0.0245. The lowest BCUT2D eigenvalue weighted by atomic mass is 10.1. The number of hydrogen-bond acceptors (Lipinski definition) is 5. The third-order valence-electron chi connectivity index (χ3n) is 3.34. The molecule has 0 heterocycles. The summed E-state index contributed by atoms with van der Waals surface area (Å²) in [7, 11) is 3.35. The molecule has 25 heavy (non-hydrogen) atoms. The number of benzene rings is 2. The lowest BCUT2D eigenvalue weighted by Gasteiger charge is -2.10. The van der Waals surface area contributed by atoms with Crippen LogP contribution in [0.3, 0.4) is 0 Å². The molecule has 2 amide bonds. The van der Waals surface area contributed by atoms with Crippen molar-refractivity contribution in [2.75, 3.05) is 19.4 Å². The molecule has 2 aromatic carbocycles. The largest absolute Gasteiger partial charge is 0.339 e. The summed E-state index contributed by atoms with van der Waals surface area (Å²) in [4.78, 5) is 36.5. The molecule has 0 bridgehead atoms. The van der Waals surface area contributed by atoms with E-state index in [0.717, 1.165) is 16.7 Å². The molecular formula is C17H17N3O4S. The first-order valence-electron chi connectivity index (χ1n) is 7.33. The Morgan fingerprint density at radius 3 is 2.28 bits per heavy atom. The zero-order valence-corrected chi connectivity index (χ0v) is 14.8. The third kappa shape index (κ3) is 4.80. The second-order valence-electron chi connectivity index (χ2n) is 5.50. The van der Waals surface area contributed by atoms with Crippen LogP contribution in [0, 0.1) is 17.0 Å². The molecule has 130 valence electrons. The van der Waals surface area contributed by atoms with Crippen molar-refractivity contribution < 1.29 is 14.5 Å². The van der Waals surface area contributed by atoms with Gasteiger partial charge in [0.15, 0.2) is 0 Å². The second kappa shape index (κ2) is 7.80. The number of thioether (sulfide) groups is 1. The molecule has 1 N–H and O–H groups in total. The van der Waals surface area contributed by atoms with Gasteiger partial charge in [-0.1, -0.05) is 0 Å². The Kier molecular flexibility index (Phi) is 5.76. The molecule has 0 atom stereocenters. The van der Waals surface area contributed by atoms with Gasteiger partial charge in [-0.3, -0.25) is 19.7 Å². The summed E-state index contributed by atoms with van der Waals surface area (Å²) in [5.41, 5.74) is 1.31. The van der Waals surface area contributed by atoms with Gasteiger partial charge in [0.25, 0.3) is 16.8 Å². The van der Waals surface area contributed by atoms with E-state index in [1.807, 2.05) is 0 Å². The average Bonchev–Trinajstić information content (AvgIpc) is 2.56. The lowest BCUT2D eigenvalue weighted by molar-refractivity contribution is -0.385. The van der Waals surface area contributed by atoms with E-state index in [9.17, 15) is 19.7 Å². The molecule has 2 rings (SSSR count). The quantitative estimate of drug-likeness (QED) is 0.507. The number of nitrogens with zero attached hydrogens (tertiary/aromatic N) is 2. The van der Waals surface area contributed by atoms with Crippen LogP contribution < -0.4 is 5.32 Å². The smallest absolute Gasteiger partial charge is 0.285 e. The fourth-order valence-corrected chi connectivity index (χ4v) is 2.66. The fourth-order valence-electron chi connectivity index (χ4n) is 2.00. The van der Waals surface area contributed by atoms with Crippen molar-refractivity contribution in [3.8, 4) is 0 Å². The standard InChI is InChI=1S/C17H17N3O4S/c1-11-10-12(4-9-15(11)20(23)24)16(21)18-13-5-7-14(8-6-13)25-17(22)19(2)3/h4-10H,1-3H3,(H,18,21). The minimum Gasteiger partial charge on any atom is -0.339 e. The van der Waals surface area contributed by atoms with Crippen LogP contribution in [0.1, 0.15) is 15.9 Å². The summed E-state index contributed by atoms with van der Waals surface area (Å²) in [6.07, 6.45) is 0. The molecule has 7 nitrogen and oxygen atoms in total. The Morgan fingerprint density at radius 2 is 1.76 bits per heavy atom.